The average molecular weight is 248 g/mol. The largest absolute Gasteiger partial charge is 0.469 e. The highest BCUT2D eigenvalue weighted by Gasteiger charge is 2.14. The zero-order valence-corrected chi connectivity index (χ0v) is 10.3. The molecule has 0 radical (unpaired) electrons. The standard InChI is InChI=1S/C13H16N2O3/c1-18-13(17)6-7-14-10-3-4-11-9(8-10)2-5-12(16)15-11/h3-4,8,14H,2,5-7H2,1H3,(H,15,16). The molecule has 1 aromatic carbocycles. The number of amides is 1. The van der Waals surface area contributed by atoms with Crippen molar-refractivity contribution >= 4 is 23.3 Å². The number of carbonyl (C=O) groups is 2. The van der Waals surface area contributed by atoms with Crippen molar-refractivity contribution in [1.82, 2.24) is 0 Å². The Balaban J connectivity index is 1.95. The van der Waals surface area contributed by atoms with E-state index in [0.29, 0.717) is 19.4 Å². The lowest BCUT2D eigenvalue weighted by atomic mass is 10.0. The quantitative estimate of drug-likeness (QED) is 0.793. The molecular weight excluding hydrogens is 232 g/mol. The number of hydrogen-bond donors (Lipinski definition) is 2. The van der Waals surface area contributed by atoms with E-state index in [1.54, 1.807) is 0 Å². The van der Waals surface area contributed by atoms with Gasteiger partial charge in [-0.05, 0) is 30.2 Å². The average Bonchev–Trinajstić information content (AvgIpc) is 2.38. The fraction of sp³-hybridized carbons (Fsp3) is 0.385. The molecule has 1 amide bonds. The van der Waals surface area contributed by atoms with E-state index in [4.69, 9.17) is 0 Å². The second kappa shape index (κ2) is 5.53. The van der Waals surface area contributed by atoms with Crippen LogP contribution in [0, 0.1) is 0 Å². The van der Waals surface area contributed by atoms with Gasteiger partial charge in [-0.15, -0.1) is 0 Å². The van der Waals surface area contributed by atoms with Gasteiger partial charge in [-0.2, -0.15) is 0 Å². The molecule has 0 unspecified atom stereocenters. The maximum atomic E-state index is 11.2. The van der Waals surface area contributed by atoms with E-state index in [9.17, 15) is 9.59 Å². The van der Waals surface area contributed by atoms with Crippen LogP contribution in [0.5, 0.6) is 0 Å². The Labute approximate surface area is 106 Å². The van der Waals surface area contributed by atoms with E-state index < -0.39 is 0 Å². The zero-order valence-electron chi connectivity index (χ0n) is 10.3. The number of anilines is 2. The molecular formula is C13H16N2O3. The predicted octanol–water partition coefficient (Wildman–Crippen LogP) is 1.55. The van der Waals surface area contributed by atoms with Crippen LogP contribution in [0.1, 0.15) is 18.4 Å². The Hall–Kier alpha value is -2.04. The van der Waals surface area contributed by atoms with Crippen LogP contribution in [0.2, 0.25) is 0 Å². The molecule has 96 valence electrons. The van der Waals surface area contributed by atoms with Gasteiger partial charge in [0.05, 0.1) is 13.5 Å². The minimum Gasteiger partial charge on any atom is -0.469 e. The molecule has 2 N–H and O–H groups in total. The number of aryl methyl sites for hydroxylation is 1. The first-order valence-corrected chi connectivity index (χ1v) is 5.92. The molecule has 1 aromatic rings. The Bertz CT molecular complexity index is 471. The number of ether oxygens (including phenoxy) is 1. The Morgan fingerprint density at radius 2 is 2.28 bits per heavy atom. The number of methoxy groups -OCH3 is 1. The van der Waals surface area contributed by atoms with Crippen LogP contribution in [0.15, 0.2) is 18.2 Å². The molecule has 0 fully saturated rings. The van der Waals surface area contributed by atoms with Gasteiger partial charge in [-0.1, -0.05) is 0 Å². The minimum atomic E-state index is -0.229. The summed E-state index contributed by atoms with van der Waals surface area (Å²) < 4.78 is 4.56. The van der Waals surface area contributed by atoms with Gasteiger partial charge in [0.1, 0.15) is 0 Å². The van der Waals surface area contributed by atoms with Gasteiger partial charge >= 0.3 is 5.97 Å². The number of esters is 1. The molecule has 1 aliphatic rings. The molecule has 1 heterocycles. The highest BCUT2D eigenvalue weighted by atomic mass is 16.5. The molecule has 1 aliphatic heterocycles. The van der Waals surface area contributed by atoms with Gasteiger partial charge in [-0.3, -0.25) is 9.59 Å². The fourth-order valence-corrected chi connectivity index (χ4v) is 1.90. The first-order valence-electron chi connectivity index (χ1n) is 5.92. The van der Waals surface area contributed by atoms with Crippen LogP contribution in [0.4, 0.5) is 11.4 Å². The molecule has 0 saturated heterocycles. The van der Waals surface area contributed by atoms with Crippen molar-refractivity contribution in [2.75, 3.05) is 24.3 Å². The minimum absolute atomic E-state index is 0.0638. The summed E-state index contributed by atoms with van der Waals surface area (Å²) >= 11 is 0. The zero-order chi connectivity index (χ0) is 13.0. The fourth-order valence-electron chi connectivity index (χ4n) is 1.90. The van der Waals surface area contributed by atoms with Crippen LogP contribution in [0.3, 0.4) is 0 Å². The Morgan fingerprint density at radius 3 is 3.06 bits per heavy atom. The van der Waals surface area contributed by atoms with Gasteiger partial charge in [0, 0.05) is 24.3 Å². The third kappa shape index (κ3) is 3.00. The highest BCUT2D eigenvalue weighted by Crippen LogP contribution is 2.25. The van der Waals surface area contributed by atoms with Crippen molar-refractivity contribution < 1.29 is 14.3 Å². The molecule has 0 spiro atoms. The SMILES string of the molecule is COC(=O)CCNc1ccc2c(c1)CCC(=O)N2. The number of benzene rings is 1. The summed E-state index contributed by atoms with van der Waals surface area (Å²) in [6.07, 6.45) is 1.62. The first-order chi connectivity index (χ1) is 8.69. The lowest BCUT2D eigenvalue weighted by Crippen LogP contribution is -2.19. The summed E-state index contributed by atoms with van der Waals surface area (Å²) in [5, 5.41) is 5.99. The lowest BCUT2D eigenvalue weighted by Gasteiger charge is -2.18. The number of fused-ring (bicyclic) bond motifs is 1. The smallest absolute Gasteiger partial charge is 0.307 e. The van der Waals surface area contributed by atoms with Crippen LogP contribution in [-0.2, 0) is 20.7 Å². The Morgan fingerprint density at radius 1 is 1.44 bits per heavy atom. The molecule has 0 aromatic heterocycles. The van der Waals surface area contributed by atoms with E-state index >= 15 is 0 Å². The van der Waals surface area contributed by atoms with Gasteiger partial charge < -0.3 is 15.4 Å². The molecule has 0 atom stereocenters. The maximum Gasteiger partial charge on any atom is 0.307 e. The van der Waals surface area contributed by atoms with Crippen molar-refractivity contribution in [3.8, 4) is 0 Å². The van der Waals surface area contributed by atoms with E-state index in [1.807, 2.05) is 18.2 Å². The van der Waals surface area contributed by atoms with Gasteiger partial charge in [0.2, 0.25) is 5.91 Å². The van der Waals surface area contributed by atoms with Crippen LogP contribution in [-0.4, -0.2) is 25.5 Å². The number of nitrogens with one attached hydrogen (secondary N) is 2. The summed E-state index contributed by atoms with van der Waals surface area (Å²) in [5.74, 6) is -0.165. The van der Waals surface area contributed by atoms with Crippen LogP contribution in [0.25, 0.3) is 0 Å². The third-order valence-electron chi connectivity index (χ3n) is 2.89. The third-order valence-corrected chi connectivity index (χ3v) is 2.89. The molecule has 0 saturated carbocycles. The Kier molecular flexibility index (Phi) is 3.82. The molecule has 0 bridgehead atoms. The number of carbonyl (C=O) groups excluding carboxylic acids is 2. The molecule has 5 heteroatoms. The van der Waals surface area contributed by atoms with Gasteiger partial charge in [0.15, 0.2) is 0 Å². The predicted molar refractivity (Wildman–Crippen MR) is 68.5 cm³/mol. The van der Waals surface area contributed by atoms with Gasteiger partial charge in [0.25, 0.3) is 0 Å². The molecule has 0 aliphatic carbocycles. The summed E-state index contributed by atoms with van der Waals surface area (Å²) in [7, 11) is 1.38. The number of rotatable bonds is 4. The van der Waals surface area contributed by atoms with Crippen molar-refractivity contribution in [2.24, 2.45) is 0 Å². The first kappa shape index (κ1) is 12.4. The normalized spacial score (nSPS) is 13.5. The number of hydrogen-bond acceptors (Lipinski definition) is 4. The van der Waals surface area contributed by atoms with E-state index in [-0.39, 0.29) is 11.9 Å². The van der Waals surface area contributed by atoms with Crippen molar-refractivity contribution in [1.29, 1.82) is 0 Å². The monoisotopic (exact) mass is 248 g/mol. The summed E-state index contributed by atoms with van der Waals surface area (Å²) in [5.41, 5.74) is 2.95. The summed E-state index contributed by atoms with van der Waals surface area (Å²) in [6.45, 7) is 0.540. The van der Waals surface area contributed by atoms with Gasteiger partial charge in [-0.25, -0.2) is 0 Å². The summed E-state index contributed by atoms with van der Waals surface area (Å²) in [4.78, 5) is 22.2. The van der Waals surface area contributed by atoms with E-state index in [1.165, 1.54) is 7.11 Å². The van der Waals surface area contributed by atoms with E-state index in [2.05, 4.69) is 15.4 Å². The second-order valence-electron chi connectivity index (χ2n) is 4.17. The van der Waals surface area contributed by atoms with Crippen molar-refractivity contribution in [3.05, 3.63) is 23.8 Å². The summed E-state index contributed by atoms with van der Waals surface area (Å²) in [6, 6.07) is 5.78. The molecule has 18 heavy (non-hydrogen) atoms. The van der Waals surface area contributed by atoms with Crippen molar-refractivity contribution in [3.63, 3.8) is 0 Å². The maximum absolute atomic E-state index is 11.2. The lowest BCUT2D eigenvalue weighted by molar-refractivity contribution is -0.140. The topological polar surface area (TPSA) is 67.4 Å². The molecule has 5 nitrogen and oxygen atoms in total. The van der Waals surface area contributed by atoms with Crippen LogP contribution < -0.4 is 10.6 Å². The van der Waals surface area contributed by atoms with Crippen molar-refractivity contribution in [2.45, 2.75) is 19.3 Å². The highest BCUT2D eigenvalue weighted by molar-refractivity contribution is 5.94. The molecule has 2 rings (SSSR count). The second-order valence-corrected chi connectivity index (χ2v) is 4.17. The van der Waals surface area contributed by atoms with E-state index in [0.717, 1.165) is 23.4 Å². The van der Waals surface area contributed by atoms with Crippen LogP contribution >= 0.6 is 0 Å².